The lowest BCUT2D eigenvalue weighted by atomic mass is 10.2. The molecular weight excluding hydrogens is 275 g/mol. The van der Waals surface area contributed by atoms with Crippen molar-refractivity contribution in [3.8, 4) is 6.07 Å². The molecule has 0 heterocycles. The first-order valence-electron chi connectivity index (χ1n) is 6.24. The standard InChI is InChI=1S/C15H15FN2O3/c1-18(9-3-8-17)14(19)11-21-15(20)7-6-12-4-2-5-13(16)10-12/h2,4-7,10H,3,9,11H2,1H3/b7-6+. The fourth-order valence-corrected chi connectivity index (χ4v) is 1.41. The van der Waals surface area contributed by atoms with E-state index in [0.717, 1.165) is 6.08 Å². The van der Waals surface area contributed by atoms with Crippen molar-refractivity contribution < 1.29 is 18.7 Å². The molecule has 0 atom stereocenters. The minimum absolute atomic E-state index is 0.218. The molecule has 0 aliphatic heterocycles. The third-order valence-corrected chi connectivity index (χ3v) is 2.58. The van der Waals surface area contributed by atoms with Crippen LogP contribution in [0.2, 0.25) is 0 Å². The van der Waals surface area contributed by atoms with Crippen LogP contribution in [0.15, 0.2) is 30.3 Å². The molecular formula is C15H15FN2O3. The van der Waals surface area contributed by atoms with Gasteiger partial charge in [0.15, 0.2) is 6.61 Å². The number of likely N-dealkylation sites (N-methyl/N-ethyl adjacent to an activating group) is 1. The Balaban J connectivity index is 2.40. The number of nitrogens with zero attached hydrogens (tertiary/aromatic N) is 2. The van der Waals surface area contributed by atoms with Crippen LogP contribution in [0, 0.1) is 17.1 Å². The van der Waals surface area contributed by atoms with E-state index in [-0.39, 0.29) is 13.0 Å². The number of hydrogen-bond donors (Lipinski definition) is 0. The van der Waals surface area contributed by atoms with Crippen molar-refractivity contribution in [2.75, 3.05) is 20.2 Å². The van der Waals surface area contributed by atoms with E-state index in [1.807, 2.05) is 6.07 Å². The quantitative estimate of drug-likeness (QED) is 0.591. The van der Waals surface area contributed by atoms with E-state index in [0.29, 0.717) is 5.56 Å². The maximum Gasteiger partial charge on any atom is 0.331 e. The summed E-state index contributed by atoms with van der Waals surface area (Å²) in [5.74, 6) is -1.49. The van der Waals surface area contributed by atoms with Crippen molar-refractivity contribution in [1.29, 1.82) is 5.26 Å². The molecule has 0 radical (unpaired) electrons. The van der Waals surface area contributed by atoms with Crippen LogP contribution in [-0.4, -0.2) is 37.0 Å². The Hall–Kier alpha value is -2.68. The molecule has 6 heteroatoms. The molecule has 0 unspecified atom stereocenters. The molecule has 0 aromatic heterocycles. The molecule has 1 amide bonds. The Morgan fingerprint density at radius 2 is 2.24 bits per heavy atom. The minimum Gasteiger partial charge on any atom is -0.452 e. The van der Waals surface area contributed by atoms with E-state index in [4.69, 9.17) is 10.00 Å². The molecule has 21 heavy (non-hydrogen) atoms. The van der Waals surface area contributed by atoms with Crippen LogP contribution in [0.1, 0.15) is 12.0 Å². The van der Waals surface area contributed by atoms with Gasteiger partial charge in [0.1, 0.15) is 5.82 Å². The molecule has 0 spiro atoms. The Labute approximate surface area is 122 Å². The number of benzene rings is 1. The number of halogens is 1. The topological polar surface area (TPSA) is 70.4 Å². The Kier molecular flexibility index (Phi) is 6.61. The van der Waals surface area contributed by atoms with Crippen LogP contribution >= 0.6 is 0 Å². The number of ether oxygens (including phenoxy) is 1. The van der Waals surface area contributed by atoms with Gasteiger partial charge in [-0.05, 0) is 23.8 Å². The van der Waals surface area contributed by atoms with Gasteiger partial charge in [-0.2, -0.15) is 5.26 Å². The highest BCUT2D eigenvalue weighted by molar-refractivity contribution is 5.89. The lowest BCUT2D eigenvalue weighted by molar-refractivity contribution is -0.147. The monoisotopic (exact) mass is 290 g/mol. The summed E-state index contributed by atoms with van der Waals surface area (Å²) >= 11 is 0. The van der Waals surface area contributed by atoms with Gasteiger partial charge in [0.05, 0.1) is 12.5 Å². The fraction of sp³-hybridized carbons (Fsp3) is 0.267. The predicted octanol–water partition coefficient (Wildman–Crippen LogP) is 1.75. The summed E-state index contributed by atoms with van der Waals surface area (Å²) in [5.41, 5.74) is 0.518. The van der Waals surface area contributed by atoms with Gasteiger partial charge in [-0.25, -0.2) is 9.18 Å². The van der Waals surface area contributed by atoms with Crippen molar-refractivity contribution in [2.24, 2.45) is 0 Å². The zero-order chi connectivity index (χ0) is 15.7. The van der Waals surface area contributed by atoms with Gasteiger partial charge >= 0.3 is 5.97 Å². The molecule has 0 aliphatic carbocycles. The highest BCUT2D eigenvalue weighted by Gasteiger charge is 2.10. The third-order valence-electron chi connectivity index (χ3n) is 2.58. The zero-order valence-electron chi connectivity index (χ0n) is 11.6. The van der Waals surface area contributed by atoms with Crippen molar-refractivity contribution >= 4 is 18.0 Å². The van der Waals surface area contributed by atoms with E-state index in [9.17, 15) is 14.0 Å². The first kappa shape index (κ1) is 16.4. The van der Waals surface area contributed by atoms with E-state index < -0.39 is 24.3 Å². The molecule has 0 fully saturated rings. The number of nitriles is 1. The summed E-state index contributed by atoms with van der Waals surface area (Å²) < 4.78 is 17.7. The summed E-state index contributed by atoms with van der Waals surface area (Å²) in [4.78, 5) is 24.3. The van der Waals surface area contributed by atoms with E-state index >= 15 is 0 Å². The van der Waals surface area contributed by atoms with Gasteiger partial charge in [0.2, 0.25) is 0 Å². The molecule has 1 aromatic rings. The molecule has 5 nitrogen and oxygen atoms in total. The Bertz CT molecular complexity index is 579. The lowest BCUT2D eigenvalue weighted by Crippen LogP contribution is -2.31. The fourth-order valence-electron chi connectivity index (χ4n) is 1.41. The molecule has 0 aliphatic rings. The van der Waals surface area contributed by atoms with Crippen LogP contribution in [0.5, 0.6) is 0 Å². The number of hydrogen-bond acceptors (Lipinski definition) is 4. The molecule has 0 saturated carbocycles. The summed E-state index contributed by atoms with van der Waals surface area (Å²) in [6.07, 6.45) is 2.74. The maximum absolute atomic E-state index is 12.9. The summed E-state index contributed by atoms with van der Waals surface area (Å²) in [6, 6.07) is 7.64. The van der Waals surface area contributed by atoms with E-state index in [1.54, 1.807) is 6.07 Å². The summed E-state index contributed by atoms with van der Waals surface area (Å²) in [7, 11) is 1.52. The smallest absolute Gasteiger partial charge is 0.331 e. The van der Waals surface area contributed by atoms with Crippen LogP contribution in [0.25, 0.3) is 6.08 Å². The van der Waals surface area contributed by atoms with Gasteiger partial charge in [0, 0.05) is 19.7 Å². The van der Waals surface area contributed by atoms with Gasteiger partial charge < -0.3 is 9.64 Å². The number of carbonyl (C=O) groups excluding carboxylic acids is 2. The SMILES string of the molecule is CN(CCC#N)C(=O)COC(=O)/C=C/c1cccc(F)c1. The number of rotatable bonds is 6. The number of esters is 1. The van der Waals surface area contributed by atoms with Crippen LogP contribution in [-0.2, 0) is 14.3 Å². The second kappa shape index (κ2) is 8.48. The van der Waals surface area contributed by atoms with E-state index in [2.05, 4.69) is 0 Å². The second-order valence-electron chi connectivity index (χ2n) is 4.22. The molecule has 1 aromatic carbocycles. The van der Waals surface area contributed by atoms with Gasteiger partial charge in [0.25, 0.3) is 5.91 Å². The highest BCUT2D eigenvalue weighted by atomic mass is 19.1. The van der Waals surface area contributed by atoms with Crippen molar-refractivity contribution in [2.45, 2.75) is 6.42 Å². The summed E-state index contributed by atoms with van der Waals surface area (Å²) in [5, 5.41) is 8.40. The van der Waals surface area contributed by atoms with Crippen LogP contribution < -0.4 is 0 Å². The highest BCUT2D eigenvalue weighted by Crippen LogP contribution is 2.05. The van der Waals surface area contributed by atoms with Gasteiger partial charge in [-0.3, -0.25) is 4.79 Å². The molecule has 0 saturated heterocycles. The third kappa shape index (κ3) is 6.34. The van der Waals surface area contributed by atoms with Crippen molar-refractivity contribution in [3.63, 3.8) is 0 Å². The minimum atomic E-state index is -0.693. The first-order valence-corrected chi connectivity index (χ1v) is 6.24. The van der Waals surface area contributed by atoms with Gasteiger partial charge in [-0.15, -0.1) is 0 Å². The van der Waals surface area contributed by atoms with Gasteiger partial charge in [-0.1, -0.05) is 12.1 Å². The molecule has 0 N–H and O–H groups in total. The average Bonchev–Trinajstić information content (AvgIpc) is 2.48. The summed E-state index contributed by atoms with van der Waals surface area (Å²) in [6.45, 7) is -0.111. The van der Waals surface area contributed by atoms with Crippen molar-refractivity contribution in [1.82, 2.24) is 4.90 Å². The molecule has 110 valence electrons. The number of amides is 1. The second-order valence-corrected chi connectivity index (χ2v) is 4.22. The predicted molar refractivity (Wildman–Crippen MR) is 74.3 cm³/mol. The number of carbonyl (C=O) groups is 2. The van der Waals surface area contributed by atoms with E-state index in [1.165, 1.54) is 36.2 Å². The van der Waals surface area contributed by atoms with Crippen LogP contribution in [0.4, 0.5) is 4.39 Å². The first-order chi connectivity index (χ1) is 10.0. The Morgan fingerprint density at radius 3 is 2.90 bits per heavy atom. The average molecular weight is 290 g/mol. The maximum atomic E-state index is 12.9. The lowest BCUT2D eigenvalue weighted by Gasteiger charge is -2.14. The largest absolute Gasteiger partial charge is 0.452 e. The Morgan fingerprint density at radius 1 is 1.48 bits per heavy atom. The normalized spacial score (nSPS) is 10.1. The van der Waals surface area contributed by atoms with Crippen molar-refractivity contribution in [3.05, 3.63) is 41.7 Å². The molecule has 0 bridgehead atoms. The van der Waals surface area contributed by atoms with Crippen LogP contribution in [0.3, 0.4) is 0 Å². The molecule has 1 rings (SSSR count). The zero-order valence-corrected chi connectivity index (χ0v) is 11.6.